The Kier molecular flexibility index (Phi) is 4.20. The van der Waals surface area contributed by atoms with E-state index in [0.29, 0.717) is 37.1 Å². The van der Waals surface area contributed by atoms with Crippen molar-refractivity contribution < 1.29 is 9.72 Å². The third kappa shape index (κ3) is 3.00. The lowest BCUT2D eigenvalue weighted by molar-refractivity contribution is -0.382. The van der Waals surface area contributed by atoms with Gasteiger partial charge >= 0.3 is 0 Å². The second-order valence-electron chi connectivity index (χ2n) is 5.61. The fraction of sp³-hybridized carbons (Fsp3) is 0.375. The van der Waals surface area contributed by atoms with Gasteiger partial charge in [-0.15, -0.1) is 0 Å². The fourth-order valence-corrected chi connectivity index (χ4v) is 2.64. The molecule has 7 heteroatoms. The van der Waals surface area contributed by atoms with Crippen molar-refractivity contribution in [2.75, 3.05) is 24.7 Å². The second kappa shape index (κ2) is 6.29. The number of hydrogen-bond acceptors (Lipinski definition) is 5. The van der Waals surface area contributed by atoms with Crippen LogP contribution in [0.4, 0.5) is 5.95 Å². The van der Waals surface area contributed by atoms with E-state index in [-0.39, 0.29) is 11.6 Å². The number of aromatic nitrogens is 4. The van der Waals surface area contributed by atoms with Crippen LogP contribution in [0.5, 0.6) is 0 Å². The summed E-state index contributed by atoms with van der Waals surface area (Å²) in [6.45, 7) is 7.81. The van der Waals surface area contributed by atoms with Crippen molar-refractivity contribution in [3.63, 3.8) is 0 Å². The standard InChI is InChI=1S/C16H19N5O2/c1-11(2)14-9-23-7-6-21(14)16-19-13(8-15(22)20(16)3)12-4-5-17-10-18-12/h4-5,8,10,14H,1,6-7,9H2,2-3H3/p+1/t14-/m0/s1. The first-order chi connectivity index (χ1) is 11.1. The van der Waals surface area contributed by atoms with Gasteiger partial charge in [0.1, 0.15) is 5.69 Å². The molecule has 0 amide bonds. The topological polar surface area (TPSA) is 74.4 Å². The van der Waals surface area contributed by atoms with E-state index in [1.165, 1.54) is 6.07 Å². The van der Waals surface area contributed by atoms with E-state index in [4.69, 9.17) is 4.74 Å². The van der Waals surface area contributed by atoms with Crippen molar-refractivity contribution in [2.24, 2.45) is 7.05 Å². The van der Waals surface area contributed by atoms with Crippen LogP contribution in [0.2, 0.25) is 0 Å². The molecule has 1 aliphatic heterocycles. The van der Waals surface area contributed by atoms with Crippen LogP contribution in [0.3, 0.4) is 0 Å². The van der Waals surface area contributed by atoms with E-state index in [1.807, 2.05) is 6.92 Å². The molecule has 1 N–H and O–H groups in total. The maximum absolute atomic E-state index is 12.4. The number of rotatable bonds is 3. The fourth-order valence-electron chi connectivity index (χ4n) is 2.64. The minimum atomic E-state index is -0.119. The number of H-pyrrole nitrogens is 1. The molecule has 3 rings (SSSR count). The van der Waals surface area contributed by atoms with Crippen LogP contribution in [-0.2, 0) is 11.8 Å². The summed E-state index contributed by atoms with van der Waals surface area (Å²) in [7, 11) is 1.73. The Labute approximate surface area is 134 Å². The predicted molar refractivity (Wildman–Crippen MR) is 86.0 cm³/mol. The predicted octanol–water partition coefficient (Wildman–Crippen LogP) is 0.438. The first-order valence-electron chi connectivity index (χ1n) is 7.48. The quantitative estimate of drug-likeness (QED) is 0.769. The van der Waals surface area contributed by atoms with Crippen molar-refractivity contribution in [1.82, 2.24) is 14.5 Å². The van der Waals surface area contributed by atoms with Gasteiger partial charge in [0, 0.05) is 25.7 Å². The number of hydrogen-bond donors (Lipinski definition) is 0. The highest BCUT2D eigenvalue weighted by Crippen LogP contribution is 2.22. The summed E-state index contributed by atoms with van der Waals surface area (Å²) in [5, 5.41) is 0. The molecule has 1 fully saturated rings. The number of aromatic amines is 1. The lowest BCUT2D eigenvalue weighted by Gasteiger charge is -2.37. The van der Waals surface area contributed by atoms with Gasteiger partial charge in [-0.25, -0.2) is 4.98 Å². The largest absolute Gasteiger partial charge is 0.377 e. The van der Waals surface area contributed by atoms with Crippen molar-refractivity contribution in [3.05, 3.63) is 47.2 Å². The zero-order valence-corrected chi connectivity index (χ0v) is 13.3. The van der Waals surface area contributed by atoms with Gasteiger partial charge in [0.25, 0.3) is 11.9 Å². The van der Waals surface area contributed by atoms with Crippen LogP contribution in [0.15, 0.2) is 41.6 Å². The van der Waals surface area contributed by atoms with Crippen LogP contribution >= 0.6 is 0 Å². The third-order valence-corrected chi connectivity index (χ3v) is 3.94. The molecule has 3 heterocycles. The minimum absolute atomic E-state index is 0.00849. The molecule has 1 saturated heterocycles. The average Bonchev–Trinajstić information content (AvgIpc) is 2.58. The number of nitrogens with zero attached hydrogens (tertiary/aromatic N) is 4. The van der Waals surface area contributed by atoms with Crippen LogP contribution < -0.4 is 15.4 Å². The molecular weight excluding hydrogens is 294 g/mol. The van der Waals surface area contributed by atoms with Gasteiger partial charge in [0.05, 0.1) is 25.5 Å². The molecule has 0 aromatic carbocycles. The summed E-state index contributed by atoms with van der Waals surface area (Å²) < 4.78 is 7.10. The highest BCUT2D eigenvalue weighted by atomic mass is 16.5. The monoisotopic (exact) mass is 314 g/mol. The van der Waals surface area contributed by atoms with E-state index in [2.05, 4.69) is 26.4 Å². The molecule has 0 unspecified atom stereocenters. The second-order valence-corrected chi connectivity index (χ2v) is 5.61. The summed E-state index contributed by atoms with van der Waals surface area (Å²) in [6.07, 6.45) is 3.33. The van der Waals surface area contributed by atoms with Crippen LogP contribution in [0.1, 0.15) is 6.92 Å². The molecule has 0 aliphatic carbocycles. The molecule has 120 valence electrons. The van der Waals surface area contributed by atoms with E-state index >= 15 is 0 Å². The van der Waals surface area contributed by atoms with Crippen molar-refractivity contribution in [3.8, 4) is 11.4 Å². The van der Waals surface area contributed by atoms with E-state index < -0.39 is 0 Å². The number of anilines is 1. The molecule has 0 radical (unpaired) electrons. The van der Waals surface area contributed by atoms with Gasteiger partial charge in [-0.2, -0.15) is 0 Å². The van der Waals surface area contributed by atoms with Gasteiger partial charge in [0.2, 0.25) is 11.6 Å². The Balaban J connectivity index is 2.09. The summed E-state index contributed by atoms with van der Waals surface area (Å²) in [6, 6.07) is 3.30. The highest BCUT2D eigenvalue weighted by Gasteiger charge is 2.27. The zero-order valence-electron chi connectivity index (χ0n) is 13.3. The Bertz CT molecular complexity index is 772. The van der Waals surface area contributed by atoms with Gasteiger partial charge in [0.15, 0.2) is 0 Å². The van der Waals surface area contributed by atoms with Crippen molar-refractivity contribution in [1.29, 1.82) is 0 Å². The lowest BCUT2D eigenvalue weighted by Crippen LogP contribution is -2.48. The third-order valence-electron chi connectivity index (χ3n) is 3.94. The molecule has 1 aliphatic rings. The summed E-state index contributed by atoms with van der Waals surface area (Å²) >= 11 is 0. The molecule has 0 bridgehead atoms. The smallest absolute Gasteiger partial charge is 0.284 e. The summed E-state index contributed by atoms with van der Waals surface area (Å²) in [5.74, 6) is 0.610. The molecule has 0 spiro atoms. The van der Waals surface area contributed by atoms with Gasteiger partial charge < -0.3 is 9.64 Å². The number of nitrogens with one attached hydrogen (secondary N) is 1. The van der Waals surface area contributed by atoms with E-state index in [0.717, 1.165) is 5.57 Å². The number of ether oxygens (including phenoxy) is 1. The van der Waals surface area contributed by atoms with E-state index in [9.17, 15) is 4.79 Å². The highest BCUT2D eigenvalue weighted by molar-refractivity contribution is 5.55. The first-order valence-corrected chi connectivity index (χ1v) is 7.48. The maximum Gasteiger partial charge on any atom is 0.284 e. The Morgan fingerprint density at radius 3 is 3.00 bits per heavy atom. The normalized spacial score (nSPS) is 18.0. The summed E-state index contributed by atoms with van der Waals surface area (Å²) in [5.41, 5.74) is 2.08. The molecule has 2 aromatic rings. The Morgan fingerprint density at radius 2 is 2.30 bits per heavy atom. The average molecular weight is 314 g/mol. The van der Waals surface area contributed by atoms with Crippen LogP contribution in [-0.4, -0.2) is 40.3 Å². The van der Waals surface area contributed by atoms with Crippen molar-refractivity contribution in [2.45, 2.75) is 13.0 Å². The van der Waals surface area contributed by atoms with Gasteiger partial charge in [-0.3, -0.25) is 14.3 Å². The van der Waals surface area contributed by atoms with Crippen LogP contribution in [0, 0.1) is 0 Å². The van der Waals surface area contributed by atoms with Gasteiger partial charge in [-0.05, 0) is 11.9 Å². The maximum atomic E-state index is 12.4. The Hall–Kier alpha value is -2.54. The number of morpholine rings is 1. The minimum Gasteiger partial charge on any atom is -0.377 e. The molecule has 2 aromatic heterocycles. The SMILES string of the molecule is C=C(C)[C@@H]1COCCN1c1nc(-c2cc[nH+]cn2)cc(=O)n1C. The van der Waals surface area contributed by atoms with E-state index in [1.54, 1.807) is 30.2 Å². The van der Waals surface area contributed by atoms with Gasteiger partial charge in [-0.1, -0.05) is 12.2 Å². The molecule has 7 nitrogen and oxygen atoms in total. The molecule has 1 atom stereocenters. The Morgan fingerprint density at radius 1 is 1.48 bits per heavy atom. The zero-order chi connectivity index (χ0) is 16.4. The summed E-state index contributed by atoms with van der Waals surface area (Å²) in [4.78, 5) is 26.2. The first kappa shape index (κ1) is 15.4. The molecular formula is C16H20N5O2+. The lowest BCUT2D eigenvalue weighted by atomic mass is 10.1. The molecule has 0 saturated carbocycles. The molecule has 23 heavy (non-hydrogen) atoms. The van der Waals surface area contributed by atoms with Crippen molar-refractivity contribution >= 4 is 5.95 Å². The van der Waals surface area contributed by atoms with Crippen LogP contribution in [0.25, 0.3) is 11.4 Å².